The first kappa shape index (κ1) is 8.99. The predicted octanol–water partition coefficient (Wildman–Crippen LogP) is -0.287. The van der Waals surface area contributed by atoms with Crippen molar-refractivity contribution >= 4 is 0 Å². The summed E-state index contributed by atoms with van der Waals surface area (Å²) >= 11 is 0. The smallest absolute Gasteiger partial charge is 0.335 e. The van der Waals surface area contributed by atoms with Gasteiger partial charge in [0.2, 0.25) is 0 Å². The first-order valence-electron chi connectivity index (χ1n) is 3.83. The third-order valence-electron chi connectivity index (χ3n) is 1.52. The number of methoxy groups -OCH3 is 1. The summed E-state index contributed by atoms with van der Waals surface area (Å²) in [5.74, 6) is 0.849. The van der Waals surface area contributed by atoms with Gasteiger partial charge in [0, 0.05) is 19.5 Å². The molecule has 12 heavy (non-hydrogen) atoms. The van der Waals surface area contributed by atoms with Gasteiger partial charge >= 0.3 is 6.01 Å². The highest BCUT2D eigenvalue weighted by molar-refractivity contribution is 4.98. The summed E-state index contributed by atoms with van der Waals surface area (Å²) in [5, 5.41) is 4.01. The van der Waals surface area contributed by atoms with Crippen LogP contribution in [0.25, 0.3) is 0 Å². The largest absolute Gasteiger partial charge is 0.466 e. The van der Waals surface area contributed by atoms with Crippen LogP contribution in [0.2, 0.25) is 0 Å². The highest BCUT2D eigenvalue weighted by atomic mass is 16.5. The molecule has 1 rings (SSSR count). The summed E-state index contributed by atoms with van der Waals surface area (Å²) in [4.78, 5) is 4.12. The molecule has 0 aliphatic carbocycles. The van der Waals surface area contributed by atoms with E-state index in [2.05, 4.69) is 10.1 Å². The van der Waals surface area contributed by atoms with Crippen molar-refractivity contribution in [3.63, 3.8) is 0 Å². The van der Waals surface area contributed by atoms with Crippen LogP contribution in [-0.2, 0) is 13.5 Å². The summed E-state index contributed by atoms with van der Waals surface area (Å²) in [6, 6.07) is 0.491. The van der Waals surface area contributed by atoms with E-state index < -0.39 is 0 Å². The maximum atomic E-state index is 5.62. The zero-order valence-electron chi connectivity index (χ0n) is 7.61. The van der Waals surface area contributed by atoms with Gasteiger partial charge in [-0.15, -0.1) is 5.10 Å². The van der Waals surface area contributed by atoms with Gasteiger partial charge in [0.15, 0.2) is 0 Å². The van der Waals surface area contributed by atoms with Crippen LogP contribution in [0.3, 0.4) is 0 Å². The SMILES string of the molecule is COc1nc(CC(C)N)n(C)n1. The van der Waals surface area contributed by atoms with Crippen molar-refractivity contribution in [2.24, 2.45) is 12.8 Å². The number of nitrogens with zero attached hydrogens (tertiary/aromatic N) is 3. The molecule has 0 bridgehead atoms. The van der Waals surface area contributed by atoms with Gasteiger partial charge in [-0.1, -0.05) is 0 Å². The average Bonchev–Trinajstić information content (AvgIpc) is 2.31. The van der Waals surface area contributed by atoms with E-state index in [0.717, 1.165) is 5.82 Å². The van der Waals surface area contributed by atoms with Gasteiger partial charge in [-0.05, 0) is 6.92 Å². The van der Waals surface area contributed by atoms with Gasteiger partial charge in [-0.25, -0.2) is 4.68 Å². The molecule has 0 spiro atoms. The van der Waals surface area contributed by atoms with Crippen molar-refractivity contribution in [2.45, 2.75) is 19.4 Å². The molecular weight excluding hydrogens is 156 g/mol. The first-order chi connectivity index (χ1) is 5.63. The number of hydrogen-bond donors (Lipinski definition) is 1. The Morgan fingerprint density at radius 2 is 2.33 bits per heavy atom. The van der Waals surface area contributed by atoms with Crippen LogP contribution in [0, 0.1) is 0 Å². The Balaban J connectivity index is 2.77. The number of rotatable bonds is 3. The Bertz CT molecular complexity index is 256. The molecule has 1 unspecified atom stereocenters. The third-order valence-corrected chi connectivity index (χ3v) is 1.52. The second-order valence-electron chi connectivity index (χ2n) is 2.82. The molecule has 0 saturated heterocycles. The van der Waals surface area contributed by atoms with E-state index in [9.17, 15) is 0 Å². The lowest BCUT2D eigenvalue weighted by Crippen LogP contribution is -2.20. The maximum Gasteiger partial charge on any atom is 0.335 e. The minimum absolute atomic E-state index is 0.0950. The Hall–Kier alpha value is -1.10. The molecule has 0 amide bonds. The molecule has 0 aromatic carbocycles. The van der Waals surface area contributed by atoms with Gasteiger partial charge in [-0.2, -0.15) is 4.98 Å². The van der Waals surface area contributed by atoms with Crippen molar-refractivity contribution in [1.82, 2.24) is 14.8 Å². The lowest BCUT2D eigenvalue weighted by Gasteiger charge is -2.01. The molecule has 0 aliphatic heterocycles. The summed E-state index contributed by atoms with van der Waals surface area (Å²) < 4.78 is 6.56. The molecule has 1 aromatic heterocycles. The number of ether oxygens (including phenoxy) is 1. The standard InChI is InChI=1S/C7H14N4O/c1-5(8)4-6-9-7(12-3)10-11(6)2/h5H,4,8H2,1-3H3. The van der Waals surface area contributed by atoms with Gasteiger partial charge in [-0.3, -0.25) is 0 Å². The normalized spacial score (nSPS) is 13.0. The van der Waals surface area contributed by atoms with E-state index in [1.54, 1.807) is 11.8 Å². The average molecular weight is 170 g/mol. The highest BCUT2D eigenvalue weighted by Crippen LogP contribution is 2.04. The molecule has 0 saturated carbocycles. The summed E-state index contributed by atoms with van der Waals surface area (Å²) in [6.07, 6.45) is 0.715. The molecule has 2 N–H and O–H groups in total. The highest BCUT2D eigenvalue weighted by Gasteiger charge is 2.08. The Kier molecular flexibility index (Phi) is 2.65. The fourth-order valence-corrected chi connectivity index (χ4v) is 0.943. The van der Waals surface area contributed by atoms with Gasteiger partial charge in [0.1, 0.15) is 5.82 Å². The summed E-state index contributed by atoms with van der Waals surface area (Å²) in [7, 11) is 3.37. The zero-order valence-corrected chi connectivity index (χ0v) is 7.61. The Morgan fingerprint density at radius 1 is 1.67 bits per heavy atom. The van der Waals surface area contributed by atoms with E-state index in [-0.39, 0.29) is 6.04 Å². The van der Waals surface area contributed by atoms with Gasteiger partial charge < -0.3 is 10.5 Å². The van der Waals surface area contributed by atoms with Crippen molar-refractivity contribution in [3.8, 4) is 6.01 Å². The lowest BCUT2D eigenvalue weighted by molar-refractivity contribution is 0.378. The van der Waals surface area contributed by atoms with Crippen LogP contribution in [0.1, 0.15) is 12.7 Å². The topological polar surface area (TPSA) is 66.0 Å². The van der Waals surface area contributed by atoms with E-state index in [1.165, 1.54) is 0 Å². The van der Waals surface area contributed by atoms with Crippen molar-refractivity contribution in [1.29, 1.82) is 0 Å². The molecule has 1 heterocycles. The number of hydrogen-bond acceptors (Lipinski definition) is 4. The molecular formula is C7H14N4O. The molecule has 0 aliphatic rings. The van der Waals surface area contributed by atoms with E-state index in [0.29, 0.717) is 12.4 Å². The second-order valence-corrected chi connectivity index (χ2v) is 2.82. The van der Waals surface area contributed by atoms with Crippen LogP contribution in [0.4, 0.5) is 0 Å². The van der Waals surface area contributed by atoms with E-state index >= 15 is 0 Å². The number of aryl methyl sites for hydroxylation is 1. The quantitative estimate of drug-likeness (QED) is 0.677. The minimum atomic E-state index is 0.0950. The monoisotopic (exact) mass is 170 g/mol. The van der Waals surface area contributed by atoms with Crippen molar-refractivity contribution in [2.75, 3.05) is 7.11 Å². The second kappa shape index (κ2) is 3.53. The van der Waals surface area contributed by atoms with Crippen molar-refractivity contribution in [3.05, 3.63) is 5.82 Å². The molecule has 1 aromatic rings. The first-order valence-corrected chi connectivity index (χ1v) is 3.83. The van der Waals surface area contributed by atoms with E-state index in [4.69, 9.17) is 10.5 Å². The van der Waals surface area contributed by atoms with Crippen LogP contribution in [0.15, 0.2) is 0 Å². The van der Waals surface area contributed by atoms with Gasteiger partial charge in [0.05, 0.1) is 7.11 Å². The number of aromatic nitrogens is 3. The van der Waals surface area contributed by atoms with Crippen LogP contribution < -0.4 is 10.5 Å². The Morgan fingerprint density at radius 3 is 2.75 bits per heavy atom. The fraction of sp³-hybridized carbons (Fsp3) is 0.714. The lowest BCUT2D eigenvalue weighted by atomic mass is 10.2. The summed E-state index contributed by atoms with van der Waals surface area (Å²) in [6.45, 7) is 1.93. The molecule has 0 radical (unpaired) electrons. The molecule has 5 heteroatoms. The van der Waals surface area contributed by atoms with Crippen molar-refractivity contribution < 1.29 is 4.74 Å². The maximum absolute atomic E-state index is 5.62. The molecule has 1 atom stereocenters. The fourth-order valence-electron chi connectivity index (χ4n) is 0.943. The molecule has 5 nitrogen and oxygen atoms in total. The van der Waals surface area contributed by atoms with E-state index in [1.807, 2.05) is 14.0 Å². The predicted molar refractivity (Wildman–Crippen MR) is 44.9 cm³/mol. The Labute approximate surface area is 71.5 Å². The minimum Gasteiger partial charge on any atom is -0.466 e. The van der Waals surface area contributed by atoms with Crippen LogP contribution in [0.5, 0.6) is 6.01 Å². The number of nitrogens with two attached hydrogens (primary N) is 1. The van der Waals surface area contributed by atoms with Crippen LogP contribution >= 0.6 is 0 Å². The molecule has 0 fully saturated rings. The van der Waals surface area contributed by atoms with Crippen LogP contribution in [-0.4, -0.2) is 27.9 Å². The molecule has 68 valence electrons. The van der Waals surface area contributed by atoms with Gasteiger partial charge in [0.25, 0.3) is 0 Å². The zero-order chi connectivity index (χ0) is 9.14. The third kappa shape index (κ3) is 1.94. The summed E-state index contributed by atoms with van der Waals surface area (Å²) in [5.41, 5.74) is 5.62.